The third-order valence-corrected chi connectivity index (χ3v) is 12.4. The smallest absolute Gasteiger partial charge is 0.337 e. The van der Waals surface area contributed by atoms with Crippen molar-refractivity contribution < 1.29 is 29.3 Å². The number of carbonyl (C=O) groups excluding carboxylic acids is 2. The molecule has 0 bridgehead atoms. The van der Waals surface area contributed by atoms with E-state index < -0.39 is 23.6 Å². The van der Waals surface area contributed by atoms with Gasteiger partial charge in [0, 0.05) is 22.8 Å². The summed E-state index contributed by atoms with van der Waals surface area (Å²) >= 11 is 0. The molecule has 2 aliphatic heterocycles. The lowest BCUT2D eigenvalue weighted by molar-refractivity contribution is -0.151. The first-order valence-corrected chi connectivity index (χ1v) is 15.9. The summed E-state index contributed by atoms with van der Waals surface area (Å²) in [6.45, 7) is 8.65. The molecule has 8 heteroatoms. The number of aliphatic hydroxyl groups excluding tert-OH is 2. The zero-order valence-electron chi connectivity index (χ0n) is 21.7. The Morgan fingerprint density at radius 3 is 2.81 bits per heavy atom. The lowest BCUT2D eigenvalue weighted by Crippen LogP contribution is -2.57. The average Bonchev–Trinajstić information content (AvgIpc) is 3.49. The highest BCUT2D eigenvalue weighted by molar-refractivity contribution is 8.77. The largest absolute Gasteiger partial charge is 0.458 e. The second-order valence-electron chi connectivity index (χ2n) is 11.6. The Balaban J connectivity index is 1.37. The molecule has 0 aromatic heterocycles. The topological polar surface area (TPSA) is 93.1 Å². The number of aliphatic hydroxyl groups is 2. The van der Waals surface area contributed by atoms with Crippen LogP contribution >= 0.6 is 21.6 Å². The number of ether oxygens (including phenoxy) is 2. The molecule has 2 saturated carbocycles. The van der Waals surface area contributed by atoms with Gasteiger partial charge in [0.1, 0.15) is 6.61 Å². The van der Waals surface area contributed by atoms with E-state index in [1.165, 1.54) is 12.2 Å². The van der Waals surface area contributed by atoms with Crippen molar-refractivity contribution in [2.75, 3.05) is 19.0 Å². The molecule has 4 fully saturated rings. The number of allylic oxidation sites excluding steroid dienone is 2. The molecule has 2 heterocycles. The maximum atomic E-state index is 12.5. The molecule has 0 aromatic carbocycles. The van der Waals surface area contributed by atoms with Gasteiger partial charge in [0.25, 0.3) is 0 Å². The molecule has 202 valence electrons. The van der Waals surface area contributed by atoms with Gasteiger partial charge in [-0.3, -0.25) is 4.79 Å². The summed E-state index contributed by atoms with van der Waals surface area (Å²) in [5.74, 6) is 0.827. The van der Waals surface area contributed by atoms with Crippen LogP contribution in [0.1, 0.15) is 78.1 Å². The molecule has 0 amide bonds. The fraction of sp³-hybridized carbons (Fsp3) is 0.786. The van der Waals surface area contributed by atoms with Crippen LogP contribution in [0, 0.1) is 22.7 Å². The van der Waals surface area contributed by atoms with E-state index >= 15 is 0 Å². The quantitative estimate of drug-likeness (QED) is 0.136. The van der Waals surface area contributed by atoms with Crippen molar-refractivity contribution in [2.24, 2.45) is 22.7 Å². The van der Waals surface area contributed by atoms with E-state index in [1.54, 1.807) is 0 Å². The number of unbranched alkanes of at least 4 members (excludes halogenated alkanes) is 1. The Hall–Kier alpha value is -0.960. The van der Waals surface area contributed by atoms with Crippen molar-refractivity contribution in [3.63, 3.8) is 0 Å². The molecule has 0 spiro atoms. The fourth-order valence-corrected chi connectivity index (χ4v) is 10.1. The molecule has 0 unspecified atom stereocenters. The van der Waals surface area contributed by atoms with E-state index in [0.29, 0.717) is 30.1 Å². The Kier molecular flexibility index (Phi) is 9.22. The van der Waals surface area contributed by atoms with E-state index in [-0.39, 0.29) is 36.4 Å². The van der Waals surface area contributed by atoms with Crippen molar-refractivity contribution >= 4 is 33.5 Å². The predicted molar refractivity (Wildman–Crippen MR) is 144 cm³/mol. The molecule has 2 aliphatic carbocycles. The van der Waals surface area contributed by atoms with E-state index in [9.17, 15) is 19.8 Å². The van der Waals surface area contributed by atoms with Gasteiger partial charge in [-0.2, -0.15) is 0 Å². The molecule has 4 rings (SSSR count). The number of rotatable bonds is 9. The summed E-state index contributed by atoms with van der Waals surface area (Å²) in [5.41, 5.74) is 0.912. The summed E-state index contributed by atoms with van der Waals surface area (Å²) in [4.78, 5) is 25.0. The summed E-state index contributed by atoms with van der Waals surface area (Å²) in [6.07, 6.45) is 9.15. The fourth-order valence-electron chi connectivity index (χ4n) is 7.07. The summed E-state index contributed by atoms with van der Waals surface area (Å²) in [6, 6.07) is 0. The Morgan fingerprint density at radius 1 is 1.28 bits per heavy atom. The second-order valence-corrected chi connectivity index (χ2v) is 14.4. The number of fused-ring (bicyclic) bond motifs is 1. The first kappa shape index (κ1) is 28.1. The van der Waals surface area contributed by atoms with Crippen LogP contribution in [0.2, 0.25) is 0 Å². The standard InChI is InChI=1S/C28H42O6S2/c1-18-8-11-23-27(2,14-12-24(30)28(23,3)17-29)21(18)10-9-20-22(16-33-26(20)32)34-25(31)7-5-4-6-19-13-15-35-36-19/h9,19,21-24,29-30H,1,4-8,10-17H2,2-3H3/b20-9+/t19-,21+,22+,23-,24+,27-,28-/m0/s1. The highest BCUT2D eigenvalue weighted by atomic mass is 33.1. The second kappa shape index (κ2) is 11.8. The van der Waals surface area contributed by atoms with Crippen molar-refractivity contribution in [2.45, 2.75) is 95.5 Å². The van der Waals surface area contributed by atoms with Crippen molar-refractivity contribution in [3.05, 3.63) is 23.8 Å². The zero-order valence-corrected chi connectivity index (χ0v) is 23.3. The number of cyclic esters (lactones) is 1. The van der Waals surface area contributed by atoms with Gasteiger partial charge >= 0.3 is 11.9 Å². The average molecular weight is 539 g/mol. The van der Waals surface area contributed by atoms with E-state index in [0.717, 1.165) is 44.1 Å². The van der Waals surface area contributed by atoms with Crippen LogP contribution in [0.5, 0.6) is 0 Å². The van der Waals surface area contributed by atoms with Crippen LogP contribution in [0.15, 0.2) is 23.8 Å². The summed E-state index contributed by atoms with van der Waals surface area (Å²) in [5, 5.41) is 21.6. The molecule has 36 heavy (non-hydrogen) atoms. The number of hydrogen-bond acceptors (Lipinski definition) is 8. The minimum atomic E-state index is -0.650. The van der Waals surface area contributed by atoms with Gasteiger partial charge in [0.05, 0.1) is 18.3 Å². The lowest BCUT2D eigenvalue weighted by Gasteiger charge is -2.59. The van der Waals surface area contributed by atoms with Crippen molar-refractivity contribution in [3.8, 4) is 0 Å². The van der Waals surface area contributed by atoms with Crippen molar-refractivity contribution in [1.29, 1.82) is 0 Å². The third-order valence-electron chi connectivity index (χ3n) is 9.37. The van der Waals surface area contributed by atoms with Crippen LogP contribution in [-0.2, 0) is 19.1 Å². The van der Waals surface area contributed by atoms with E-state index in [2.05, 4.69) is 13.5 Å². The Labute approximate surface area is 223 Å². The SMILES string of the molecule is C=C1CC[C@@H]2[C@](C)(CO)[C@H](O)CC[C@@]2(C)[C@@H]1C/C=C1/C(=O)OC[C@H]1OC(=O)CCCC[C@H]1CCSS1. The van der Waals surface area contributed by atoms with E-state index in [1.807, 2.05) is 34.6 Å². The highest BCUT2D eigenvalue weighted by Gasteiger charge is 2.57. The molecular weight excluding hydrogens is 496 g/mol. The van der Waals surface area contributed by atoms with Gasteiger partial charge < -0.3 is 19.7 Å². The van der Waals surface area contributed by atoms with Crippen LogP contribution < -0.4 is 0 Å². The number of hydrogen-bond donors (Lipinski definition) is 2. The Bertz CT molecular complexity index is 868. The number of esters is 2. The van der Waals surface area contributed by atoms with Gasteiger partial charge in [-0.1, -0.05) is 60.1 Å². The predicted octanol–water partition coefficient (Wildman–Crippen LogP) is 5.23. The monoisotopic (exact) mass is 538 g/mol. The molecule has 2 N–H and O–H groups in total. The minimum Gasteiger partial charge on any atom is -0.458 e. The molecular formula is C28H42O6S2. The van der Waals surface area contributed by atoms with Gasteiger partial charge in [-0.15, -0.1) is 0 Å². The van der Waals surface area contributed by atoms with Crippen LogP contribution in [0.4, 0.5) is 0 Å². The molecule has 0 radical (unpaired) electrons. The van der Waals surface area contributed by atoms with Crippen LogP contribution in [-0.4, -0.2) is 58.6 Å². The molecule has 2 saturated heterocycles. The van der Waals surface area contributed by atoms with Crippen molar-refractivity contribution in [1.82, 2.24) is 0 Å². The van der Waals surface area contributed by atoms with Crippen LogP contribution in [0.25, 0.3) is 0 Å². The first-order valence-electron chi connectivity index (χ1n) is 13.5. The molecule has 6 nitrogen and oxygen atoms in total. The van der Waals surface area contributed by atoms with Gasteiger partial charge in [-0.05, 0) is 68.6 Å². The lowest BCUT2D eigenvalue weighted by atomic mass is 9.46. The van der Waals surface area contributed by atoms with Crippen LogP contribution in [0.3, 0.4) is 0 Å². The zero-order chi connectivity index (χ0) is 25.9. The third kappa shape index (κ3) is 5.71. The summed E-state index contributed by atoms with van der Waals surface area (Å²) in [7, 11) is 3.90. The maximum Gasteiger partial charge on any atom is 0.337 e. The van der Waals surface area contributed by atoms with Gasteiger partial charge in [0.2, 0.25) is 0 Å². The number of carbonyl (C=O) groups is 2. The van der Waals surface area contributed by atoms with Gasteiger partial charge in [-0.25, -0.2) is 4.79 Å². The Morgan fingerprint density at radius 2 is 2.08 bits per heavy atom. The summed E-state index contributed by atoms with van der Waals surface area (Å²) < 4.78 is 10.9. The molecule has 4 aliphatic rings. The first-order chi connectivity index (χ1) is 17.2. The maximum absolute atomic E-state index is 12.5. The normalized spacial score (nSPS) is 39.8. The highest BCUT2D eigenvalue weighted by Crippen LogP contribution is 2.61. The van der Waals surface area contributed by atoms with Gasteiger partial charge in [0.15, 0.2) is 6.10 Å². The minimum absolute atomic E-state index is 0.0441. The van der Waals surface area contributed by atoms with E-state index in [4.69, 9.17) is 9.47 Å². The molecule has 7 atom stereocenters. The molecule has 0 aromatic rings.